The highest BCUT2D eigenvalue weighted by Gasteiger charge is 2.25. The molecule has 3 heteroatoms. The van der Waals surface area contributed by atoms with Gasteiger partial charge in [0, 0.05) is 0 Å². The van der Waals surface area contributed by atoms with E-state index in [2.05, 4.69) is 6.07 Å². The van der Waals surface area contributed by atoms with Gasteiger partial charge < -0.3 is 4.74 Å². The van der Waals surface area contributed by atoms with Gasteiger partial charge in [-0.3, -0.25) is 4.79 Å². The Kier molecular flexibility index (Phi) is 2.91. The standard InChI is InChI=1S/C13H13NO2/c1-16-13(15)11-5-4-10-3-2-9(8-14)6-12(10)7-11/h2-3,6,11H,4-5,7H2,1H3. The number of aryl methyl sites for hydroxylation is 1. The Morgan fingerprint density at radius 1 is 1.50 bits per heavy atom. The van der Waals surface area contributed by atoms with Gasteiger partial charge in [0.05, 0.1) is 24.7 Å². The van der Waals surface area contributed by atoms with Gasteiger partial charge in [-0.15, -0.1) is 0 Å². The SMILES string of the molecule is COC(=O)C1CCc2ccc(C#N)cc2C1. The summed E-state index contributed by atoms with van der Waals surface area (Å²) in [5, 5.41) is 8.82. The smallest absolute Gasteiger partial charge is 0.309 e. The van der Waals surface area contributed by atoms with Crippen molar-refractivity contribution in [3.8, 4) is 6.07 Å². The molecule has 0 bridgehead atoms. The number of carbonyl (C=O) groups excluding carboxylic acids is 1. The zero-order valence-electron chi connectivity index (χ0n) is 9.19. The van der Waals surface area contributed by atoms with Crippen LogP contribution < -0.4 is 0 Å². The van der Waals surface area contributed by atoms with Gasteiger partial charge in [-0.2, -0.15) is 5.26 Å². The van der Waals surface area contributed by atoms with Crippen molar-refractivity contribution in [1.82, 2.24) is 0 Å². The second-order valence-electron chi connectivity index (χ2n) is 4.06. The van der Waals surface area contributed by atoms with Crippen molar-refractivity contribution in [2.45, 2.75) is 19.3 Å². The highest BCUT2D eigenvalue weighted by Crippen LogP contribution is 2.27. The summed E-state index contributed by atoms with van der Waals surface area (Å²) >= 11 is 0. The number of esters is 1. The predicted molar refractivity (Wildman–Crippen MR) is 58.7 cm³/mol. The van der Waals surface area contributed by atoms with Crippen molar-refractivity contribution < 1.29 is 9.53 Å². The molecule has 82 valence electrons. The second kappa shape index (κ2) is 4.36. The van der Waals surface area contributed by atoms with Crippen molar-refractivity contribution in [3.63, 3.8) is 0 Å². The topological polar surface area (TPSA) is 50.1 Å². The number of hydrogen-bond donors (Lipinski definition) is 0. The lowest BCUT2D eigenvalue weighted by atomic mass is 9.83. The van der Waals surface area contributed by atoms with Crippen LogP contribution in [0.4, 0.5) is 0 Å². The number of nitriles is 1. The van der Waals surface area contributed by atoms with E-state index in [4.69, 9.17) is 10.00 Å². The first-order chi connectivity index (χ1) is 7.74. The number of rotatable bonds is 1. The van der Waals surface area contributed by atoms with Crippen molar-refractivity contribution >= 4 is 5.97 Å². The maximum atomic E-state index is 11.4. The van der Waals surface area contributed by atoms with E-state index >= 15 is 0 Å². The van der Waals surface area contributed by atoms with Crippen LogP contribution in [-0.2, 0) is 22.4 Å². The molecule has 1 atom stereocenters. The monoisotopic (exact) mass is 215 g/mol. The molecule has 0 aromatic heterocycles. The van der Waals surface area contributed by atoms with Gasteiger partial charge >= 0.3 is 5.97 Å². The van der Waals surface area contributed by atoms with Gasteiger partial charge in [-0.1, -0.05) is 6.07 Å². The van der Waals surface area contributed by atoms with Crippen LogP contribution in [0.25, 0.3) is 0 Å². The quantitative estimate of drug-likeness (QED) is 0.671. The van der Waals surface area contributed by atoms with Crippen molar-refractivity contribution in [2.24, 2.45) is 5.92 Å². The minimum atomic E-state index is -0.145. The lowest BCUT2D eigenvalue weighted by Gasteiger charge is -2.22. The van der Waals surface area contributed by atoms with Crippen LogP contribution in [0.2, 0.25) is 0 Å². The lowest BCUT2D eigenvalue weighted by Crippen LogP contribution is -2.23. The molecular weight excluding hydrogens is 202 g/mol. The minimum absolute atomic E-state index is 0.0496. The Morgan fingerprint density at radius 2 is 2.31 bits per heavy atom. The molecular formula is C13H13NO2. The number of carbonyl (C=O) groups is 1. The third kappa shape index (κ3) is 1.92. The van der Waals surface area contributed by atoms with Crippen LogP contribution in [-0.4, -0.2) is 13.1 Å². The van der Waals surface area contributed by atoms with E-state index < -0.39 is 0 Å². The summed E-state index contributed by atoms with van der Waals surface area (Å²) < 4.78 is 4.76. The number of nitrogens with zero attached hydrogens (tertiary/aromatic N) is 1. The van der Waals surface area contributed by atoms with Gasteiger partial charge in [0.15, 0.2) is 0 Å². The number of methoxy groups -OCH3 is 1. The summed E-state index contributed by atoms with van der Waals surface area (Å²) in [5.74, 6) is -0.195. The average molecular weight is 215 g/mol. The first-order valence-electron chi connectivity index (χ1n) is 5.34. The van der Waals surface area contributed by atoms with Gasteiger partial charge in [0.25, 0.3) is 0 Å². The molecule has 0 spiro atoms. The summed E-state index contributed by atoms with van der Waals surface area (Å²) in [6.07, 6.45) is 2.42. The molecule has 0 heterocycles. The molecule has 0 saturated heterocycles. The zero-order valence-corrected chi connectivity index (χ0v) is 9.19. The average Bonchev–Trinajstić information content (AvgIpc) is 2.36. The molecule has 16 heavy (non-hydrogen) atoms. The maximum Gasteiger partial charge on any atom is 0.309 e. The third-order valence-corrected chi connectivity index (χ3v) is 3.10. The van der Waals surface area contributed by atoms with Gasteiger partial charge in [-0.25, -0.2) is 0 Å². The van der Waals surface area contributed by atoms with E-state index in [0.29, 0.717) is 12.0 Å². The molecule has 0 radical (unpaired) electrons. The molecule has 1 aromatic rings. The van der Waals surface area contributed by atoms with E-state index in [1.165, 1.54) is 12.7 Å². The van der Waals surface area contributed by atoms with Crippen LogP contribution in [0.1, 0.15) is 23.1 Å². The van der Waals surface area contributed by atoms with Crippen molar-refractivity contribution in [2.75, 3.05) is 7.11 Å². The van der Waals surface area contributed by atoms with Crippen LogP contribution in [0.15, 0.2) is 18.2 Å². The van der Waals surface area contributed by atoms with E-state index in [1.54, 1.807) is 0 Å². The second-order valence-corrected chi connectivity index (χ2v) is 4.06. The molecule has 3 nitrogen and oxygen atoms in total. The molecule has 0 fully saturated rings. The van der Waals surface area contributed by atoms with Crippen LogP contribution in [0.3, 0.4) is 0 Å². The molecule has 2 rings (SSSR count). The van der Waals surface area contributed by atoms with Crippen molar-refractivity contribution in [3.05, 3.63) is 34.9 Å². The number of ether oxygens (including phenoxy) is 1. The predicted octanol–water partition coefficient (Wildman–Crippen LogP) is 1.84. The molecule has 0 N–H and O–H groups in total. The van der Waals surface area contributed by atoms with E-state index in [1.807, 2.05) is 18.2 Å². The molecule has 0 aliphatic heterocycles. The van der Waals surface area contributed by atoms with Crippen LogP contribution in [0, 0.1) is 17.2 Å². The zero-order chi connectivity index (χ0) is 11.5. The third-order valence-electron chi connectivity index (χ3n) is 3.10. The number of hydrogen-bond acceptors (Lipinski definition) is 3. The Bertz CT molecular complexity index is 459. The molecule has 1 aliphatic carbocycles. The molecule has 1 unspecified atom stereocenters. The normalized spacial score (nSPS) is 18.4. The fraction of sp³-hybridized carbons (Fsp3) is 0.385. The summed E-state index contributed by atoms with van der Waals surface area (Å²) in [4.78, 5) is 11.4. The summed E-state index contributed by atoms with van der Waals surface area (Å²) in [7, 11) is 1.42. The number of fused-ring (bicyclic) bond motifs is 1. The van der Waals surface area contributed by atoms with Crippen LogP contribution >= 0.6 is 0 Å². The fourth-order valence-electron chi connectivity index (χ4n) is 2.19. The summed E-state index contributed by atoms with van der Waals surface area (Å²) in [6.45, 7) is 0. The van der Waals surface area contributed by atoms with E-state index in [0.717, 1.165) is 18.4 Å². The van der Waals surface area contributed by atoms with Gasteiger partial charge in [-0.05, 0) is 42.5 Å². The molecule has 0 saturated carbocycles. The lowest BCUT2D eigenvalue weighted by molar-refractivity contribution is -0.145. The Labute approximate surface area is 94.6 Å². The Balaban J connectivity index is 2.25. The molecule has 1 aromatic carbocycles. The fourth-order valence-corrected chi connectivity index (χ4v) is 2.19. The van der Waals surface area contributed by atoms with Gasteiger partial charge in [0.2, 0.25) is 0 Å². The minimum Gasteiger partial charge on any atom is -0.469 e. The van der Waals surface area contributed by atoms with Gasteiger partial charge in [0.1, 0.15) is 0 Å². The van der Waals surface area contributed by atoms with Crippen molar-refractivity contribution in [1.29, 1.82) is 5.26 Å². The summed E-state index contributed by atoms with van der Waals surface area (Å²) in [5.41, 5.74) is 3.02. The highest BCUT2D eigenvalue weighted by atomic mass is 16.5. The van der Waals surface area contributed by atoms with Crippen LogP contribution in [0.5, 0.6) is 0 Å². The largest absolute Gasteiger partial charge is 0.469 e. The highest BCUT2D eigenvalue weighted by molar-refractivity contribution is 5.73. The molecule has 1 aliphatic rings. The first-order valence-corrected chi connectivity index (χ1v) is 5.34. The first kappa shape index (κ1) is 10.7. The maximum absolute atomic E-state index is 11.4. The summed E-state index contributed by atoms with van der Waals surface area (Å²) in [6, 6.07) is 7.82. The number of benzene rings is 1. The van der Waals surface area contributed by atoms with E-state index in [-0.39, 0.29) is 11.9 Å². The Morgan fingerprint density at radius 3 is 3.00 bits per heavy atom. The van der Waals surface area contributed by atoms with E-state index in [9.17, 15) is 4.79 Å². The molecule has 0 amide bonds. The Hall–Kier alpha value is -1.82.